The van der Waals surface area contributed by atoms with Crippen molar-refractivity contribution in [2.24, 2.45) is 0 Å². The van der Waals surface area contributed by atoms with Crippen LogP contribution in [-0.2, 0) is 4.79 Å². The number of pyridine rings is 1. The summed E-state index contributed by atoms with van der Waals surface area (Å²) in [5.41, 5.74) is 1.81. The number of imidazole rings is 1. The van der Waals surface area contributed by atoms with E-state index in [4.69, 9.17) is 5.11 Å². The topological polar surface area (TPSA) is 74.9 Å². The molecule has 1 N–H and O–H groups in total. The molecule has 2 aromatic rings. The Morgan fingerprint density at radius 1 is 1.36 bits per heavy atom. The van der Waals surface area contributed by atoms with Gasteiger partial charge in [0, 0.05) is 23.8 Å². The molecule has 22 heavy (non-hydrogen) atoms. The van der Waals surface area contributed by atoms with Gasteiger partial charge in [0.05, 0.1) is 12.1 Å². The number of fused-ring (bicyclic) bond motifs is 1. The maximum absolute atomic E-state index is 12.8. The van der Waals surface area contributed by atoms with Gasteiger partial charge in [0.15, 0.2) is 0 Å². The van der Waals surface area contributed by atoms with Crippen molar-refractivity contribution in [1.29, 1.82) is 0 Å². The van der Waals surface area contributed by atoms with E-state index in [1.807, 2.05) is 19.1 Å². The summed E-state index contributed by atoms with van der Waals surface area (Å²) in [5, 5.41) is 8.84. The van der Waals surface area contributed by atoms with Gasteiger partial charge in [-0.05, 0) is 41.4 Å². The number of carboxylic acid groups (broad SMARTS) is 1. The molecule has 0 aromatic carbocycles. The van der Waals surface area contributed by atoms with Crippen molar-refractivity contribution in [2.45, 2.75) is 26.7 Å². The second-order valence-corrected chi connectivity index (χ2v) is 5.97. The van der Waals surface area contributed by atoms with Gasteiger partial charge in [-0.1, -0.05) is 6.92 Å². The van der Waals surface area contributed by atoms with Crippen molar-refractivity contribution < 1.29 is 14.7 Å². The first-order chi connectivity index (χ1) is 10.4. The Kier molecular flexibility index (Phi) is 5.18. The zero-order chi connectivity index (χ0) is 16.3. The maximum atomic E-state index is 12.8. The zero-order valence-corrected chi connectivity index (χ0v) is 14.1. The summed E-state index contributed by atoms with van der Waals surface area (Å²) in [6.07, 6.45) is 2.50. The van der Waals surface area contributed by atoms with Gasteiger partial charge in [-0.2, -0.15) is 0 Å². The molecule has 0 aliphatic carbocycles. The van der Waals surface area contributed by atoms with Gasteiger partial charge in [-0.15, -0.1) is 0 Å². The molecule has 6 nitrogen and oxygen atoms in total. The van der Waals surface area contributed by atoms with Crippen LogP contribution in [0.3, 0.4) is 0 Å². The highest BCUT2D eigenvalue weighted by atomic mass is 79.9. The fourth-order valence-electron chi connectivity index (χ4n) is 2.36. The van der Waals surface area contributed by atoms with Crippen molar-refractivity contribution in [1.82, 2.24) is 14.3 Å². The molecular formula is C15H18BrN3O3. The second kappa shape index (κ2) is 6.91. The molecule has 0 unspecified atom stereocenters. The second-order valence-electron chi connectivity index (χ2n) is 5.06. The molecule has 0 atom stereocenters. The third-order valence-electron chi connectivity index (χ3n) is 3.34. The number of carbonyl (C=O) groups excluding carboxylic acids is 1. The molecule has 0 saturated carbocycles. The molecule has 0 radical (unpaired) electrons. The predicted molar refractivity (Wildman–Crippen MR) is 86.1 cm³/mol. The van der Waals surface area contributed by atoms with E-state index in [1.165, 1.54) is 0 Å². The predicted octanol–water partition coefficient (Wildman–Crippen LogP) is 2.73. The van der Waals surface area contributed by atoms with E-state index in [1.54, 1.807) is 22.4 Å². The SMILES string of the molecule is CCCN(CCC(=O)O)C(=O)c1c(C)nc2ccc(Br)cn12. The summed E-state index contributed by atoms with van der Waals surface area (Å²) in [6, 6.07) is 3.69. The van der Waals surface area contributed by atoms with Crippen LogP contribution in [0, 0.1) is 6.92 Å². The lowest BCUT2D eigenvalue weighted by atomic mass is 10.2. The van der Waals surface area contributed by atoms with E-state index in [0.29, 0.717) is 23.6 Å². The van der Waals surface area contributed by atoms with Gasteiger partial charge < -0.3 is 10.0 Å². The summed E-state index contributed by atoms with van der Waals surface area (Å²) < 4.78 is 2.59. The lowest BCUT2D eigenvalue weighted by Crippen LogP contribution is -2.34. The van der Waals surface area contributed by atoms with E-state index in [-0.39, 0.29) is 18.9 Å². The largest absolute Gasteiger partial charge is 0.481 e. The van der Waals surface area contributed by atoms with E-state index in [9.17, 15) is 9.59 Å². The van der Waals surface area contributed by atoms with Crippen molar-refractivity contribution in [3.8, 4) is 0 Å². The van der Waals surface area contributed by atoms with Gasteiger partial charge in [0.1, 0.15) is 11.3 Å². The summed E-state index contributed by atoms with van der Waals surface area (Å²) >= 11 is 3.39. The van der Waals surface area contributed by atoms with Gasteiger partial charge in [0.25, 0.3) is 5.91 Å². The number of carbonyl (C=O) groups is 2. The molecule has 1 amide bonds. The van der Waals surface area contributed by atoms with E-state index in [0.717, 1.165) is 10.9 Å². The first kappa shape index (κ1) is 16.5. The number of rotatable bonds is 6. The maximum Gasteiger partial charge on any atom is 0.305 e. The lowest BCUT2D eigenvalue weighted by molar-refractivity contribution is -0.137. The van der Waals surface area contributed by atoms with Crippen LogP contribution in [-0.4, -0.2) is 44.4 Å². The number of nitrogens with zero attached hydrogens (tertiary/aromatic N) is 3. The fourth-order valence-corrected chi connectivity index (χ4v) is 2.70. The monoisotopic (exact) mass is 367 g/mol. The average Bonchev–Trinajstić information content (AvgIpc) is 2.77. The fraction of sp³-hybridized carbons (Fsp3) is 0.400. The van der Waals surface area contributed by atoms with Crippen molar-refractivity contribution in [3.63, 3.8) is 0 Å². The number of aryl methyl sites for hydroxylation is 1. The smallest absolute Gasteiger partial charge is 0.305 e. The number of halogens is 1. The third-order valence-corrected chi connectivity index (χ3v) is 3.80. The highest BCUT2D eigenvalue weighted by molar-refractivity contribution is 9.10. The lowest BCUT2D eigenvalue weighted by Gasteiger charge is -2.21. The molecule has 0 aliphatic heterocycles. The third kappa shape index (κ3) is 3.47. The molecule has 0 aliphatic rings. The van der Waals surface area contributed by atoms with Crippen LogP contribution in [0.5, 0.6) is 0 Å². The Hall–Kier alpha value is -1.89. The molecule has 2 aromatic heterocycles. The number of hydrogen-bond acceptors (Lipinski definition) is 3. The minimum absolute atomic E-state index is 0.0643. The van der Waals surface area contributed by atoms with Crippen molar-refractivity contribution in [3.05, 3.63) is 34.2 Å². The van der Waals surface area contributed by atoms with Gasteiger partial charge in [-0.3, -0.25) is 14.0 Å². The molecule has 118 valence electrons. The number of aliphatic carboxylic acids is 1. The number of aromatic nitrogens is 2. The first-order valence-electron chi connectivity index (χ1n) is 7.09. The van der Waals surface area contributed by atoms with Crippen LogP contribution in [0.15, 0.2) is 22.8 Å². The van der Waals surface area contributed by atoms with E-state index in [2.05, 4.69) is 20.9 Å². The zero-order valence-electron chi connectivity index (χ0n) is 12.5. The Labute approximate surface area is 136 Å². The van der Waals surface area contributed by atoms with E-state index < -0.39 is 5.97 Å². The summed E-state index contributed by atoms with van der Waals surface area (Å²) in [6.45, 7) is 4.46. The molecule has 2 heterocycles. The quantitative estimate of drug-likeness (QED) is 0.851. The Morgan fingerprint density at radius 2 is 2.09 bits per heavy atom. The molecule has 0 saturated heterocycles. The normalized spacial score (nSPS) is 10.9. The standard InChI is InChI=1S/C15H18BrN3O3/c1-3-7-18(8-6-13(20)21)15(22)14-10(2)17-12-5-4-11(16)9-19(12)14/h4-5,9H,3,6-8H2,1-2H3,(H,20,21). The highest BCUT2D eigenvalue weighted by Gasteiger charge is 2.22. The number of hydrogen-bond donors (Lipinski definition) is 1. The number of carboxylic acids is 1. The molecule has 7 heteroatoms. The minimum Gasteiger partial charge on any atom is -0.481 e. The molecule has 0 spiro atoms. The van der Waals surface area contributed by atoms with Crippen LogP contribution in [0.1, 0.15) is 35.9 Å². The van der Waals surface area contributed by atoms with Crippen LogP contribution in [0.2, 0.25) is 0 Å². The van der Waals surface area contributed by atoms with Gasteiger partial charge in [0.2, 0.25) is 0 Å². The minimum atomic E-state index is -0.911. The first-order valence-corrected chi connectivity index (χ1v) is 7.88. The van der Waals surface area contributed by atoms with Crippen molar-refractivity contribution in [2.75, 3.05) is 13.1 Å². The van der Waals surface area contributed by atoms with E-state index >= 15 is 0 Å². The van der Waals surface area contributed by atoms with Crippen molar-refractivity contribution >= 4 is 33.5 Å². The van der Waals surface area contributed by atoms with Crippen LogP contribution >= 0.6 is 15.9 Å². The Balaban J connectivity index is 2.39. The average molecular weight is 368 g/mol. The summed E-state index contributed by atoms with van der Waals surface area (Å²) in [7, 11) is 0. The highest BCUT2D eigenvalue weighted by Crippen LogP contribution is 2.18. The van der Waals surface area contributed by atoms with Crippen LogP contribution in [0.4, 0.5) is 0 Å². The van der Waals surface area contributed by atoms with Gasteiger partial charge in [-0.25, -0.2) is 4.98 Å². The molecule has 0 fully saturated rings. The molecule has 0 bridgehead atoms. The Bertz CT molecular complexity index is 711. The number of amides is 1. The Morgan fingerprint density at radius 3 is 2.73 bits per heavy atom. The van der Waals surface area contributed by atoms with Crippen LogP contribution in [0.25, 0.3) is 5.65 Å². The summed E-state index contributed by atoms with van der Waals surface area (Å²) in [5.74, 6) is -1.10. The van der Waals surface area contributed by atoms with Crippen LogP contribution < -0.4 is 0 Å². The van der Waals surface area contributed by atoms with Gasteiger partial charge >= 0.3 is 5.97 Å². The molecular weight excluding hydrogens is 350 g/mol. The summed E-state index contributed by atoms with van der Waals surface area (Å²) in [4.78, 5) is 29.6. The molecule has 2 rings (SSSR count).